The van der Waals surface area contributed by atoms with Gasteiger partial charge in [0, 0.05) is 19.1 Å². The zero-order chi connectivity index (χ0) is 16.5. The van der Waals surface area contributed by atoms with Gasteiger partial charge in [-0.15, -0.1) is 0 Å². The van der Waals surface area contributed by atoms with Crippen LogP contribution in [0.4, 0.5) is 4.79 Å². The smallest absolute Gasteiger partial charge is 0.312 e. The van der Waals surface area contributed by atoms with Gasteiger partial charge in [0.05, 0.1) is 5.02 Å². The third-order valence-electron chi connectivity index (χ3n) is 2.90. The van der Waals surface area contributed by atoms with Crippen LogP contribution >= 0.6 is 11.6 Å². The predicted octanol–water partition coefficient (Wildman–Crippen LogP) is 1.29. The molecule has 0 aliphatic carbocycles. The Morgan fingerprint density at radius 3 is 2.77 bits per heavy atom. The van der Waals surface area contributed by atoms with Crippen molar-refractivity contribution < 1.29 is 14.6 Å². The van der Waals surface area contributed by atoms with E-state index in [-0.39, 0.29) is 6.61 Å². The first-order chi connectivity index (χ1) is 10.4. The third kappa shape index (κ3) is 7.49. The first-order valence-electron chi connectivity index (χ1n) is 7.24. The number of carbonyl (C=O) groups excluding carboxylic acids is 1. The minimum atomic E-state index is -0.599. The molecule has 7 heteroatoms. The standard InChI is InChI=1S/C15H24ClN3O3/c1-10(2)19-8-12(20)9-22-14-4-3-11(7-13(14)16)5-6-18-15(17)21/h3-4,7,10,12,19-20H,5-6,8-9H2,1-2H3,(H3,17,18,21). The molecule has 22 heavy (non-hydrogen) atoms. The van der Waals surface area contributed by atoms with E-state index in [1.54, 1.807) is 12.1 Å². The molecule has 0 aliphatic heterocycles. The van der Waals surface area contributed by atoms with Crippen molar-refractivity contribution in [3.8, 4) is 5.75 Å². The van der Waals surface area contributed by atoms with E-state index in [9.17, 15) is 9.90 Å². The van der Waals surface area contributed by atoms with Crippen molar-refractivity contribution in [1.82, 2.24) is 10.6 Å². The van der Waals surface area contributed by atoms with Gasteiger partial charge in [-0.05, 0) is 24.1 Å². The summed E-state index contributed by atoms with van der Waals surface area (Å²) >= 11 is 6.15. The Balaban J connectivity index is 2.43. The number of aliphatic hydroxyl groups excluding tert-OH is 1. The second kappa shape index (κ2) is 9.50. The molecule has 1 atom stereocenters. The Morgan fingerprint density at radius 1 is 1.45 bits per heavy atom. The average molecular weight is 330 g/mol. The highest BCUT2D eigenvalue weighted by molar-refractivity contribution is 6.32. The number of hydrogen-bond acceptors (Lipinski definition) is 4. The van der Waals surface area contributed by atoms with Crippen molar-refractivity contribution in [2.75, 3.05) is 19.7 Å². The third-order valence-corrected chi connectivity index (χ3v) is 3.20. The fourth-order valence-corrected chi connectivity index (χ4v) is 2.02. The first kappa shape index (κ1) is 18.5. The minimum absolute atomic E-state index is 0.169. The van der Waals surface area contributed by atoms with Gasteiger partial charge in [-0.2, -0.15) is 0 Å². The normalized spacial score (nSPS) is 12.2. The number of nitrogens with two attached hydrogens (primary N) is 1. The number of primary amides is 1. The molecule has 0 saturated carbocycles. The Morgan fingerprint density at radius 2 is 2.18 bits per heavy atom. The number of benzene rings is 1. The highest BCUT2D eigenvalue weighted by atomic mass is 35.5. The Labute approximate surface area is 136 Å². The van der Waals surface area contributed by atoms with Gasteiger partial charge in [0.2, 0.25) is 0 Å². The maximum absolute atomic E-state index is 10.6. The molecule has 124 valence electrons. The number of hydrogen-bond donors (Lipinski definition) is 4. The van der Waals surface area contributed by atoms with Crippen LogP contribution in [0.3, 0.4) is 0 Å². The summed E-state index contributed by atoms with van der Waals surface area (Å²) < 4.78 is 5.52. The zero-order valence-corrected chi connectivity index (χ0v) is 13.7. The number of carbonyl (C=O) groups is 1. The Bertz CT molecular complexity index is 483. The van der Waals surface area contributed by atoms with Crippen molar-refractivity contribution in [2.24, 2.45) is 5.73 Å². The molecule has 0 spiro atoms. The van der Waals surface area contributed by atoms with E-state index in [4.69, 9.17) is 22.1 Å². The van der Waals surface area contributed by atoms with Crippen molar-refractivity contribution in [1.29, 1.82) is 0 Å². The lowest BCUT2D eigenvalue weighted by atomic mass is 10.1. The van der Waals surface area contributed by atoms with E-state index in [0.717, 1.165) is 5.56 Å². The lowest BCUT2D eigenvalue weighted by Crippen LogP contribution is -2.35. The van der Waals surface area contributed by atoms with Crippen LogP contribution in [0.2, 0.25) is 5.02 Å². The molecule has 0 aliphatic rings. The summed E-state index contributed by atoms with van der Waals surface area (Å²) in [5, 5.41) is 15.9. The Hall–Kier alpha value is -1.50. The van der Waals surface area contributed by atoms with Crippen LogP contribution in [0.25, 0.3) is 0 Å². The second-order valence-electron chi connectivity index (χ2n) is 5.33. The van der Waals surface area contributed by atoms with E-state index in [0.29, 0.717) is 36.3 Å². The summed E-state index contributed by atoms with van der Waals surface area (Å²) in [4.78, 5) is 10.6. The monoisotopic (exact) mass is 329 g/mol. The minimum Gasteiger partial charge on any atom is -0.489 e. The number of rotatable bonds is 9. The van der Waals surface area contributed by atoms with Gasteiger partial charge in [-0.25, -0.2) is 4.79 Å². The molecule has 1 aromatic rings. The van der Waals surface area contributed by atoms with Crippen LogP contribution in [-0.2, 0) is 6.42 Å². The molecular formula is C15H24ClN3O3. The van der Waals surface area contributed by atoms with E-state index in [1.807, 2.05) is 19.9 Å². The van der Waals surface area contributed by atoms with E-state index < -0.39 is 12.1 Å². The van der Waals surface area contributed by atoms with Crippen molar-refractivity contribution in [2.45, 2.75) is 32.4 Å². The quantitative estimate of drug-likeness (QED) is 0.549. The molecule has 0 aromatic heterocycles. The molecule has 0 radical (unpaired) electrons. The fourth-order valence-electron chi connectivity index (χ4n) is 1.76. The van der Waals surface area contributed by atoms with Crippen LogP contribution in [0.1, 0.15) is 19.4 Å². The number of halogens is 1. The van der Waals surface area contributed by atoms with Gasteiger partial charge in [0.15, 0.2) is 0 Å². The molecule has 0 saturated heterocycles. The average Bonchev–Trinajstić information content (AvgIpc) is 2.43. The van der Waals surface area contributed by atoms with E-state index in [2.05, 4.69) is 10.6 Å². The molecule has 1 rings (SSSR count). The molecule has 2 amide bonds. The maximum atomic E-state index is 10.6. The topological polar surface area (TPSA) is 96.6 Å². The summed E-state index contributed by atoms with van der Waals surface area (Å²) in [7, 11) is 0. The summed E-state index contributed by atoms with van der Waals surface area (Å²) in [6.45, 7) is 5.10. The van der Waals surface area contributed by atoms with Crippen LogP contribution in [-0.4, -0.2) is 43.0 Å². The van der Waals surface area contributed by atoms with Crippen LogP contribution < -0.4 is 21.1 Å². The molecular weight excluding hydrogens is 306 g/mol. The number of aliphatic hydroxyl groups is 1. The molecule has 0 fully saturated rings. The van der Waals surface area contributed by atoms with Gasteiger partial charge in [-0.1, -0.05) is 31.5 Å². The number of ether oxygens (including phenoxy) is 1. The number of amides is 2. The molecule has 0 bridgehead atoms. The lowest BCUT2D eigenvalue weighted by Gasteiger charge is -2.16. The van der Waals surface area contributed by atoms with Gasteiger partial charge < -0.3 is 26.2 Å². The van der Waals surface area contributed by atoms with Gasteiger partial charge in [0.25, 0.3) is 0 Å². The molecule has 0 heterocycles. The summed E-state index contributed by atoms with van der Waals surface area (Å²) in [5.41, 5.74) is 5.96. The molecule has 5 N–H and O–H groups in total. The predicted molar refractivity (Wildman–Crippen MR) is 87.4 cm³/mol. The van der Waals surface area contributed by atoms with E-state index >= 15 is 0 Å². The number of urea groups is 1. The summed E-state index contributed by atoms with van der Waals surface area (Å²) in [5.74, 6) is 0.525. The van der Waals surface area contributed by atoms with Crippen LogP contribution in [0.5, 0.6) is 5.75 Å². The molecule has 6 nitrogen and oxygen atoms in total. The van der Waals surface area contributed by atoms with Gasteiger partial charge >= 0.3 is 6.03 Å². The molecule has 1 unspecified atom stereocenters. The van der Waals surface area contributed by atoms with Crippen molar-refractivity contribution in [3.05, 3.63) is 28.8 Å². The van der Waals surface area contributed by atoms with E-state index in [1.165, 1.54) is 0 Å². The summed E-state index contributed by atoms with van der Waals surface area (Å²) in [6.07, 6.45) is 0.0297. The van der Waals surface area contributed by atoms with Crippen LogP contribution in [0, 0.1) is 0 Å². The zero-order valence-electron chi connectivity index (χ0n) is 12.9. The second-order valence-corrected chi connectivity index (χ2v) is 5.74. The fraction of sp³-hybridized carbons (Fsp3) is 0.533. The van der Waals surface area contributed by atoms with Crippen molar-refractivity contribution >= 4 is 17.6 Å². The largest absolute Gasteiger partial charge is 0.489 e. The maximum Gasteiger partial charge on any atom is 0.312 e. The number of nitrogens with one attached hydrogen (secondary N) is 2. The highest BCUT2D eigenvalue weighted by Crippen LogP contribution is 2.25. The first-order valence-corrected chi connectivity index (χ1v) is 7.62. The van der Waals surface area contributed by atoms with Gasteiger partial charge in [0.1, 0.15) is 18.5 Å². The van der Waals surface area contributed by atoms with Crippen molar-refractivity contribution in [3.63, 3.8) is 0 Å². The lowest BCUT2D eigenvalue weighted by molar-refractivity contribution is 0.105. The Kier molecular flexibility index (Phi) is 8.01. The summed E-state index contributed by atoms with van der Waals surface area (Å²) in [6, 6.07) is 5.16. The van der Waals surface area contributed by atoms with Gasteiger partial charge in [-0.3, -0.25) is 0 Å². The SMILES string of the molecule is CC(C)NCC(O)COc1ccc(CCNC(N)=O)cc1Cl. The molecule has 1 aromatic carbocycles. The highest BCUT2D eigenvalue weighted by Gasteiger charge is 2.08. The van der Waals surface area contributed by atoms with Crippen LogP contribution in [0.15, 0.2) is 18.2 Å².